The van der Waals surface area contributed by atoms with Crippen molar-refractivity contribution in [2.24, 2.45) is 0 Å². The van der Waals surface area contributed by atoms with Crippen LogP contribution in [0.4, 0.5) is 4.39 Å². The zero-order chi connectivity index (χ0) is 23.5. The Morgan fingerprint density at radius 2 is 1.67 bits per heavy atom. The van der Waals surface area contributed by atoms with E-state index in [9.17, 15) is 19.1 Å². The molecule has 2 fully saturated rings. The normalized spacial score (nSPS) is 21.2. The smallest absolute Gasteiger partial charge is 0.295 e. The van der Waals surface area contributed by atoms with Crippen LogP contribution in [0.15, 0.2) is 54.1 Å². The number of ketones is 1. The molecule has 2 aromatic rings. The van der Waals surface area contributed by atoms with Crippen molar-refractivity contribution in [3.05, 3.63) is 76.6 Å². The maximum absolute atomic E-state index is 13.4. The van der Waals surface area contributed by atoms with Gasteiger partial charge in [0.25, 0.3) is 11.7 Å². The summed E-state index contributed by atoms with van der Waals surface area (Å²) in [6, 6.07) is 12.3. The molecule has 1 atom stereocenters. The molecule has 2 heterocycles. The van der Waals surface area contributed by atoms with Gasteiger partial charge in [0, 0.05) is 31.7 Å². The van der Waals surface area contributed by atoms with Gasteiger partial charge in [0.15, 0.2) is 0 Å². The highest BCUT2D eigenvalue weighted by Gasteiger charge is 2.46. The highest BCUT2D eigenvalue weighted by molar-refractivity contribution is 6.46. The Hall–Kier alpha value is -3.03. The quantitative estimate of drug-likeness (QED) is 0.411. The van der Waals surface area contributed by atoms with E-state index in [-0.39, 0.29) is 11.3 Å². The fraction of sp³-hybridized carbons (Fsp3) is 0.385. The Bertz CT molecular complexity index is 1040. The minimum Gasteiger partial charge on any atom is -0.507 e. The summed E-state index contributed by atoms with van der Waals surface area (Å²) in [5, 5.41) is 11.0. The first-order valence-electron chi connectivity index (χ1n) is 11.3. The van der Waals surface area contributed by atoms with Crippen LogP contribution in [0.2, 0.25) is 0 Å². The number of rotatable bonds is 6. The van der Waals surface area contributed by atoms with Crippen molar-refractivity contribution in [1.82, 2.24) is 9.80 Å². The molecule has 2 aliphatic rings. The first-order chi connectivity index (χ1) is 15.9. The number of ether oxygens (including phenoxy) is 1. The molecule has 2 saturated heterocycles. The highest BCUT2D eigenvalue weighted by atomic mass is 19.1. The summed E-state index contributed by atoms with van der Waals surface area (Å²) in [4.78, 5) is 29.9. The SMILES string of the molecule is CC(C)c1ccc([C@@H]2C(=C(O)c3ccc(F)cc3)C(=O)C(=O)N2CCN2CCOCC2)cc1. The molecule has 0 saturated carbocycles. The van der Waals surface area contributed by atoms with Gasteiger partial charge in [0.2, 0.25) is 0 Å². The number of benzene rings is 2. The first-order valence-corrected chi connectivity index (χ1v) is 11.3. The molecule has 33 heavy (non-hydrogen) atoms. The Labute approximate surface area is 193 Å². The highest BCUT2D eigenvalue weighted by Crippen LogP contribution is 2.39. The number of morpholine rings is 1. The fourth-order valence-electron chi connectivity index (χ4n) is 4.36. The zero-order valence-corrected chi connectivity index (χ0v) is 19.0. The van der Waals surface area contributed by atoms with Crippen molar-refractivity contribution in [2.45, 2.75) is 25.8 Å². The van der Waals surface area contributed by atoms with E-state index >= 15 is 0 Å². The number of nitrogens with zero attached hydrogens (tertiary/aromatic N) is 2. The molecular weight excluding hydrogens is 423 g/mol. The number of Topliss-reactive ketones (excluding diaryl/α,β-unsaturated/α-hetero) is 1. The molecule has 4 rings (SSSR count). The van der Waals surface area contributed by atoms with Gasteiger partial charge in [-0.25, -0.2) is 4.39 Å². The maximum Gasteiger partial charge on any atom is 0.295 e. The summed E-state index contributed by atoms with van der Waals surface area (Å²) < 4.78 is 18.8. The molecule has 1 N–H and O–H groups in total. The molecule has 0 unspecified atom stereocenters. The summed E-state index contributed by atoms with van der Waals surface area (Å²) in [6.07, 6.45) is 0. The molecule has 2 aliphatic heterocycles. The Kier molecular flexibility index (Phi) is 6.91. The van der Waals surface area contributed by atoms with Crippen LogP contribution in [0.25, 0.3) is 5.76 Å². The molecule has 6 nitrogen and oxygen atoms in total. The molecule has 0 aromatic heterocycles. The third-order valence-electron chi connectivity index (χ3n) is 6.34. The molecule has 0 bridgehead atoms. The van der Waals surface area contributed by atoms with Crippen molar-refractivity contribution >= 4 is 17.4 Å². The monoisotopic (exact) mass is 452 g/mol. The van der Waals surface area contributed by atoms with Crippen molar-refractivity contribution in [2.75, 3.05) is 39.4 Å². The van der Waals surface area contributed by atoms with E-state index in [1.54, 1.807) is 0 Å². The van der Waals surface area contributed by atoms with Crippen molar-refractivity contribution in [3.63, 3.8) is 0 Å². The van der Waals surface area contributed by atoms with Gasteiger partial charge in [-0.3, -0.25) is 14.5 Å². The minimum atomic E-state index is -0.725. The van der Waals surface area contributed by atoms with E-state index in [0.29, 0.717) is 37.8 Å². The van der Waals surface area contributed by atoms with Gasteiger partial charge >= 0.3 is 0 Å². The first kappa shape index (κ1) is 23.1. The summed E-state index contributed by atoms with van der Waals surface area (Å²) in [7, 11) is 0. The Morgan fingerprint density at radius 1 is 1.03 bits per heavy atom. The van der Waals surface area contributed by atoms with Gasteiger partial charge < -0.3 is 14.7 Å². The van der Waals surface area contributed by atoms with Gasteiger partial charge in [-0.05, 0) is 41.3 Å². The van der Waals surface area contributed by atoms with Crippen LogP contribution in [-0.2, 0) is 14.3 Å². The number of likely N-dealkylation sites (tertiary alicyclic amines) is 1. The fourth-order valence-corrected chi connectivity index (χ4v) is 4.36. The van der Waals surface area contributed by atoms with Gasteiger partial charge in [0.1, 0.15) is 11.6 Å². The van der Waals surface area contributed by atoms with Crippen LogP contribution < -0.4 is 0 Å². The summed E-state index contributed by atoms with van der Waals surface area (Å²) in [5.74, 6) is -1.76. The predicted molar refractivity (Wildman–Crippen MR) is 123 cm³/mol. The van der Waals surface area contributed by atoms with Crippen LogP contribution in [0.3, 0.4) is 0 Å². The largest absolute Gasteiger partial charge is 0.507 e. The Balaban J connectivity index is 1.73. The van der Waals surface area contributed by atoms with Gasteiger partial charge in [-0.15, -0.1) is 0 Å². The summed E-state index contributed by atoms with van der Waals surface area (Å²) in [6.45, 7) is 7.97. The average molecular weight is 453 g/mol. The molecular formula is C26H29FN2O4. The molecule has 174 valence electrons. The third-order valence-corrected chi connectivity index (χ3v) is 6.34. The van der Waals surface area contributed by atoms with E-state index in [4.69, 9.17) is 4.74 Å². The number of halogens is 1. The van der Waals surface area contributed by atoms with Crippen LogP contribution in [0, 0.1) is 5.82 Å². The summed E-state index contributed by atoms with van der Waals surface area (Å²) >= 11 is 0. The van der Waals surface area contributed by atoms with E-state index in [0.717, 1.165) is 24.2 Å². The van der Waals surface area contributed by atoms with Crippen molar-refractivity contribution < 1.29 is 23.8 Å². The minimum absolute atomic E-state index is 0.0332. The molecule has 2 aromatic carbocycles. The number of amides is 1. The predicted octanol–water partition coefficient (Wildman–Crippen LogP) is 3.70. The standard InChI is InChI=1S/C26H29FN2O4/c1-17(2)18-3-5-19(6-4-18)23-22(24(30)20-7-9-21(27)10-8-20)25(31)26(32)29(23)12-11-28-13-15-33-16-14-28/h3-10,17,23,30H,11-16H2,1-2H3/t23-/m1/s1. The number of carbonyl (C=O) groups is 2. The maximum atomic E-state index is 13.4. The molecule has 0 aliphatic carbocycles. The number of hydrogen-bond donors (Lipinski definition) is 1. The van der Waals surface area contributed by atoms with E-state index in [2.05, 4.69) is 18.7 Å². The van der Waals surface area contributed by atoms with Crippen LogP contribution in [-0.4, -0.2) is 66.0 Å². The third kappa shape index (κ3) is 4.84. The second-order valence-electron chi connectivity index (χ2n) is 8.77. The molecule has 7 heteroatoms. The number of aliphatic hydroxyl groups excluding tert-OH is 1. The van der Waals surface area contributed by atoms with Gasteiger partial charge in [-0.1, -0.05) is 38.1 Å². The molecule has 1 amide bonds. The van der Waals surface area contributed by atoms with Crippen molar-refractivity contribution in [3.8, 4) is 0 Å². The number of carbonyl (C=O) groups excluding carboxylic acids is 2. The Morgan fingerprint density at radius 3 is 2.27 bits per heavy atom. The van der Waals surface area contributed by atoms with E-state index < -0.39 is 23.5 Å². The van der Waals surface area contributed by atoms with Crippen LogP contribution in [0.5, 0.6) is 0 Å². The lowest BCUT2D eigenvalue weighted by molar-refractivity contribution is -0.140. The van der Waals surface area contributed by atoms with Crippen LogP contribution >= 0.6 is 0 Å². The second kappa shape index (κ2) is 9.85. The zero-order valence-electron chi connectivity index (χ0n) is 19.0. The van der Waals surface area contributed by atoms with Crippen LogP contribution in [0.1, 0.15) is 42.5 Å². The topological polar surface area (TPSA) is 70.1 Å². The average Bonchev–Trinajstić information content (AvgIpc) is 3.08. The molecule has 0 spiro atoms. The lowest BCUT2D eigenvalue weighted by Crippen LogP contribution is -2.42. The second-order valence-corrected chi connectivity index (χ2v) is 8.77. The number of aliphatic hydroxyl groups is 1. The molecule has 0 radical (unpaired) electrons. The number of hydrogen-bond acceptors (Lipinski definition) is 5. The summed E-state index contributed by atoms with van der Waals surface area (Å²) in [5.41, 5.74) is 2.23. The van der Waals surface area contributed by atoms with Crippen molar-refractivity contribution in [1.29, 1.82) is 0 Å². The van der Waals surface area contributed by atoms with Gasteiger partial charge in [0.05, 0.1) is 24.8 Å². The lowest BCUT2D eigenvalue weighted by atomic mass is 9.93. The lowest BCUT2D eigenvalue weighted by Gasteiger charge is -2.31. The van der Waals surface area contributed by atoms with Gasteiger partial charge in [-0.2, -0.15) is 0 Å². The van der Waals surface area contributed by atoms with E-state index in [1.165, 1.54) is 29.2 Å². The van der Waals surface area contributed by atoms with E-state index in [1.807, 2.05) is 24.3 Å².